The van der Waals surface area contributed by atoms with Crippen LogP contribution in [0.25, 0.3) is 0 Å². The Bertz CT molecular complexity index is 121. The molecule has 0 aliphatic carbocycles. The van der Waals surface area contributed by atoms with Crippen molar-refractivity contribution in [1.29, 1.82) is 0 Å². The van der Waals surface area contributed by atoms with Gasteiger partial charge in [-0.1, -0.05) is 0 Å². The molecule has 1 aliphatic rings. The second-order valence-corrected chi connectivity index (χ2v) is 3.09. The number of carbonyl (C=O) groups excluding carboxylic acids is 1. The fraction of sp³-hybridized carbons (Fsp3) is 0.875. The van der Waals surface area contributed by atoms with Crippen LogP contribution in [0.3, 0.4) is 0 Å². The Morgan fingerprint density at radius 2 is 2.18 bits per heavy atom. The molecule has 1 heterocycles. The summed E-state index contributed by atoms with van der Waals surface area (Å²) in [4.78, 5) is 10.2. The van der Waals surface area contributed by atoms with Crippen molar-refractivity contribution in [1.82, 2.24) is 0 Å². The van der Waals surface area contributed by atoms with E-state index in [4.69, 9.17) is 10.5 Å². The summed E-state index contributed by atoms with van der Waals surface area (Å²) in [5.41, 5.74) is 5.49. The van der Waals surface area contributed by atoms with Gasteiger partial charge in [0.15, 0.2) is 0 Å². The van der Waals surface area contributed by atoms with Gasteiger partial charge in [-0.3, -0.25) is 0 Å². The van der Waals surface area contributed by atoms with Crippen LogP contribution in [0.5, 0.6) is 0 Å². The van der Waals surface area contributed by atoms with Crippen LogP contribution in [0.2, 0.25) is 0 Å². The number of ether oxygens (including phenoxy) is 1. The van der Waals surface area contributed by atoms with E-state index in [9.17, 15) is 4.79 Å². The van der Waals surface area contributed by atoms with Crippen LogP contribution in [0, 0.1) is 5.92 Å². The van der Waals surface area contributed by atoms with Crippen LogP contribution in [0.4, 0.5) is 0 Å². The predicted octanol–water partition coefficient (Wildman–Crippen LogP) is 0.329. The number of carbonyl (C=O) groups is 1. The van der Waals surface area contributed by atoms with Crippen molar-refractivity contribution in [3.8, 4) is 0 Å². The third kappa shape index (κ3) is 2.99. The molecule has 0 aromatic rings. The topological polar surface area (TPSA) is 52.3 Å². The van der Waals surface area contributed by atoms with Crippen LogP contribution in [0.1, 0.15) is 19.3 Å². The Morgan fingerprint density at radius 1 is 1.55 bits per heavy atom. The molecule has 11 heavy (non-hydrogen) atoms. The monoisotopic (exact) mass is 157 g/mol. The standard InChI is InChI=1S/C8H15NO2/c9-8(6-10)5-7-1-3-11-4-2-7/h6-8H,1-5,9H2. The average molecular weight is 157 g/mol. The number of hydrogen-bond acceptors (Lipinski definition) is 3. The number of aldehydes is 1. The Hall–Kier alpha value is -0.410. The molecule has 1 unspecified atom stereocenters. The van der Waals surface area contributed by atoms with Gasteiger partial charge in [0.2, 0.25) is 0 Å². The van der Waals surface area contributed by atoms with Gasteiger partial charge in [-0.2, -0.15) is 0 Å². The first-order chi connectivity index (χ1) is 5.33. The van der Waals surface area contributed by atoms with Crippen molar-refractivity contribution in [2.45, 2.75) is 25.3 Å². The lowest BCUT2D eigenvalue weighted by Crippen LogP contribution is -2.27. The molecule has 1 aliphatic heterocycles. The maximum Gasteiger partial charge on any atom is 0.136 e. The van der Waals surface area contributed by atoms with E-state index in [-0.39, 0.29) is 6.04 Å². The fourth-order valence-corrected chi connectivity index (χ4v) is 1.42. The van der Waals surface area contributed by atoms with Crippen molar-refractivity contribution < 1.29 is 9.53 Å². The molecule has 0 aromatic heterocycles. The smallest absolute Gasteiger partial charge is 0.136 e. The summed E-state index contributed by atoms with van der Waals surface area (Å²) in [5, 5.41) is 0. The molecule has 0 bridgehead atoms. The Kier molecular flexibility index (Phi) is 3.52. The molecule has 0 spiro atoms. The van der Waals surface area contributed by atoms with Crippen LogP contribution >= 0.6 is 0 Å². The van der Waals surface area contributed by atoms with Gasteiger partial charge in [-0.15, -0.1) is 0 Å². The molecule has 0 amide bonds. The largest absolute Gasteiger partial charge is 0.381 e. The first-order valence-electron chi connectivity index (χ1n) is 4.11. The van der Waals surface area contributed by atoms with Gasteiger partial charge in [-0.25, -0.2) is 0 Å². The van der Waals surface area contributed by atoms with E-state index in [0.29, 0.717) is 5.92 Å². The Morgan fingerprint density at radius 3 is 2.73 bits per heavy atom. The molecule has 3 heteroatoms. The van der Waals surface area contributed by atoms with Crippen molar-refractivity contribution in [3.05, 3.63) is 0 Å². The lowest BCUT2D eigenvalue weighted by Gasteiger charge is -2.22. The average Bonchev–Trinajstić information content (AvgIpc) is 2.06. The minimum Gasteiger partial charge on any atom is -0.381 e. The molecule has 0 radical (unpaired) electrons. The summed E-state index contributed by atoms with van der Waals surface area (Å²) in [6.07, 6.45) is 3.77. The van der Waals surface area contributed by atoms with Gasteiger partial charge in [-0.05, 0) is 25.2 Å². The lowest BCUT2D eigenvalue weighted by molar-refractivity contribution is -0.109. The third-order valence-electron chi connectivity index (χ3n) is 2.12. The molecular weight excluding hydrogens is 142 g/mol. The van der Waals surface area contributed by atoms with E-state index in [1.807, 2.05) is 0 Å². The minimum absolute atomic E-state index is 0.266. The number of hydrogen-bond donors (Lipinski definition) is 1. The van der Waals surface area contributed by atoms with Gasteiger partial charge in [0.1, 0.15) is 6.29 Å². The van der Waals surface area contributed by atoms with Gasteiger partial charge < -0.3 is 15.3 Å². The summed E-state index contributed by atoms with van der Waals surface area (Å²) < 4.78 is 5.19. The first-order valence-corrected chi connectivity index (χ1v) is 4.11. The molecule has 3 nitrogen and oxygen atoms in total. The van der Waals surface area contributed by atoms with Crippen LogP contribution in [0.15, 0.2) is 0 Å². The second-order valence-electron chi connectivity index (χ2n) is 3.09. The molecule has 0 aromatic carbocycles. The van der Waals surface area contributed by atoms with Crippen LogP contribution in [-0.2, 0) is 9.53 Å². The fourth-order valence-electron chi connectivity index (χ4n) is 1.42. The number of rotatable bonds is 3. The zero-order chi connectivity index (χ0) is 8.10. The molecule has 1 atom stereocenters. The van der Waals surface area contributed by atoms with Gasteiger partial charge in [0, 0.05) is 13.2 Å². The summed E-state index contributed by atoms with van der Waals surface area (Å²) >= 11 is 0. The summed E-state index contributed by atoms with van der Waals surface area (Å²) in [7, 11) is 0. The maximum absolute atomic E-state index is 10.2. The molecule has 1 rings (SSSR count). The summed E-state index contributed by atoms with van der Waals surface area (Å²) in [5.74, 6) is 0.601. The normalized spacial score (nSPS) is 23.0. The van der Waals surface area contributed by atoms with Gasteiger partial charge in [0.25, 0.3) is 0 Å². The number of nitrogens with two attached hydrogens (primary N) is 1. The third-order valence-corrected chi connectivity index (χ3v) is 2.12. The van der Waals surface area contributed by atoms with Crippen LogP contribution < -0.4 is 5.73 Å². The van der Waals surface area contributed by atoms with Crippen molar-refractivity contribution in [2.24, 2.45) is 11.7 Å². The zero-order valence-electron chi connectivity index (χ0n) is 6.66. The SMILES string of the molecule is NC(C=O)CC1CCOCC1. The van der Waals surface area contributed by atoms with E-state index in [0.717, 1.165) is 38.8 Å². The van der Waals surface area contributed by atoms with E-state index in [2.05, 4.69) is 0 Å². The summed E-state index contributed by atoms with van der Waals surface area (Å²) in [6.45, 7) is 1.66. The maximum atomic E-state index is 10.2. The molecule has 64 valence electrons. The van der Waals surface area contributed by atoms with Crippen LogP contribution in [-0.4, -0.2) is 25.5 Å². The van der Waals surface area contributed by atoms with Crippen molar-refractivity contribution in [3.63, 3.8) is 0 Å². The highest BCUT2D eigenvalue weighted by Crippen LogP contribution is 2.18. The second kappa shape index (κ2) is 4.46. The highest BCUT2D eigenvalue weighted by atomic mass is 16.5. The molecule has 2 N–H and O–H groups in total. The quantitative estimate of drug-likeness (QED) is 0.601. The van der Waals surface area contributed by atoms with E-state index < -0.39 is 0 Å². The molecule has 1 saturated heterocycles. The lowest BCUT2D eigenvalue weighted by atomic mass is 9.93. The molecule has 0 saturated carbocycles. The predicted molar refractivity (Wildman–Crippen MR) is 42.2 cm³/mol. The highest BCUT2D eigenvalue weighted by Gasteiger charge is 2.16. The van der Waals surface area contributed by atoms with E-state index in [1.54, 1.807) is 0 Å². The minimum atomic E-state index is -0.266. The zero-order valence-corrected chi connectivity index (χ0v) is 6.66. The first kappa shape index (κ1) is 8.68. The Labute approximate surface area is 66.9 Å². The van der Waals surface area contributed by atoms with Gasteiger partial charge in [0.05, 0.1) is 6.04 Å². The van der Waals surface area contributed by atoms with E-state index in [1.165, 1.54) is 0 Å². The summed E-state index contributed by atoms with van der Waals surface area (Å²) in [6, 6.07) is -0.266. The molecule has 1 fully saturated rings. The van der Waals surface area contributed by atoms with E-state index >= 15 is 0 Å². The molecular formula is C8H15NO2. The van der Waals surface area contributed by atoms with Crippen molar-refractivity contribution in [2.75, 3.05) is 13.2 Å². The van der Waals surface area contributed by atoms with Crippen molar-refractivity contribution >= 4 is 6.29 Å². The Balaban J connectivity index is 2.18. The highest BCUT2D eigenvalue weighted by molar-refractivity contribution is 5.56. The van der Waals surface area contributed by atoms with Gasteiger partial charge >= 0.3 is 0 Å².